The lowest BCUT2D eigenvalue weighted by molar-refractivity contribution is -0.138. The van der Waals surface area contributed by atoms with Gasteiger partial charge in [-0.15, -0.1) is 0 Å². The van der Waals surface area contributed by atoms with E-state index in [-0.39, 0.29) is 29.7 Å². The van der Waals surface area contributed by atoms with Gasteiger partial charge in [0, 0.05) is 25.0 Å². The summed E-state index contributed by atoms with van der Waals surface area (Å²) >= 11 is 0. The van der Waals surface area contributed by atoms with Crippen molar-refractivity contribution >= 4 is 17.5 Å². The molecule has 6 heteroatoms. The molecular formula is C23H29N3O3. The number of nitrogens with two attached hydrogens (primary N) is 1. The minimum atomic E-state index is -0.338. The van der Waals surface area contributed by atoms with Gasteiger partial charge in [0.15, 0.2) is 0 Å². The number of amides is 2. The van der Waals surface area contributed by atoms with Crippen molar-refractivity contribution in [2.24, 2.45) is 17.6 Å². The van der Waals surface area contributed by atoms with Gasteiger partial charge in [-0.1, -0.05) is 49.4 Å². The van der Waals surface area contributed by atoms with E-state index in [1.54, 1.807) is 7.11 Å². The molecule has 1 aliphatic rings. The Hall–Kier alpha value is -2.86. The Balaban J connectivity index is 1.54. The highest BCUT2D eigenvalue weighted by atomic mass is 16.5. The average Bonchev–Trinajstić information content (AvgIpc) is 2.78. The van der Waals surface area contributed by atoms with Gasteiger partial charge in [0.2, 0.25) is 11.8 Å². The van der Waals surface area contributed by atoms with Gasteiger partial charge in [-0.25, -0.2) is 0 Å². The van der Waals surface area contributed by atoms with Crippen molar-refractivity contribution in [1.29, 1.82) is 0 Å². The van der Waals surface area contributed by atoms with E-state index in [1.807, 2.05) is 66.4 Å². The highest BCUT2D eigenvalue weighted by Gasteiger charge is 2.32. The number of hydrogen-bond acceptors (Lipinski definition) is 4. The number of rotatable bonds is 6. The fraction of sp³-hybridized carbons (Fsp3) is 0.391. The van der Waals surface area contributed by atoms with Gasteiger partial charge < -0.3 is 20.7 Å². The molecule has 2 atom stereocenters. The molecule has 0 bridgehead atoms. The van der Waals surface area contributed by atoms with E-state index in [2.05, 4.69) is 5.32 Å². The van der Waals surface area contributed by atoms with Crippen molar-refractivity contribution < 1.29 is 14.3 Å². The molecule has 0 aromatic heterocycles. The third-order valence-corrected chi connectivity index (χ3v) is 5.65. The van der Waals surface area contributed by atoms with Crippen LogP contribution in [0.15, 0.2) is 54.6 Å². The summed E-state index contributed by atoms with van der Waals surface area (Å²) in [7, 11) is 1.58. The summed E-state index contributed by atoms with van der Waals surface area (Å²) in [5.41, 5.74) is 7.94. The predicted octanol–water partition coefficient (Wildman–Crippen LogP) is 3.21. The summed E-state index contributed by atoms with van der Waals surface area (Å²) in [5, 5.41) is 2.95. The molecule has 0 saturated carbocycles. The summed E-state index contributed by atoms with van der Waals surface area (Å²) in [6.07, 6.45) is 1.28. The standard InChI is InChI=1S/C23H29N3O3/c1-16(21(24)17-8-4-3-5-9-17)23(28)26-14-12-18(13-15-26)22(27)25-19-10-6-7-11-20(19)29-2/h3-11,16,18,21H,12-15,24H2,1-2H3,(H,25,27). The molecule has 0 spiro atoms. The van der Waals surface area contributed by atoms with Gasteiger partial charge in [-0.05, 0) is 30.5 Å². The molecule has 1 aliphatic heterocycles. The van der Waals surface area contributed by atoms with Crippen LogP contribution in [0.3, 0.4) is 0 Å². The Morgan fingerprint density at radius 1 is 1.07 bits per heavy atom. The van der Waals surface area contributed by atoms with Crippen LogP contribution in [0.1, 0.15) is 31.4 Å². The van der Waals surface area contributed by atoms with Crippen LogP contribution in [-0.4, -0.2) is 36.9 Å². The summed E-state index contributed by atoms with van der Waals surface area (Å²) in [4.78, 5) is 27.4. The van der Waals surface area contributed by atoms with Crippen LogP contribution < -0.4 is 15.8 Å². The smallest absolute Gasteiger partial charge is 0.227 e. The number of hydrogen-bond donors (Lipinski definition) is 2. The number of piperidine rings is 1. The predicted molar refractivity (Wildman–Crippen MR) is 113 cm³/mol. The zero-order valence-electron chi connectivity index (χ0n) is 17.0. The van der Waals surface area contributed by atoms with E-state index in [0.29, 0.717) is 37.4 Å². The third kappa shape index (κ3) is 4.95. The van der Waals surface area contributed by atoms with E-state index in [0.717, 1.165) is 5.56 Å². The van der Waals surface area contributed by atoms with Crippen molar-refractivity contribution in [1.82, 2.24) is 4.90 Å². The number of para-hydroxylation sites is 2. The maximum Gasteiger partial charge on any atom is 0.227 e. The fourth-order valence-electron chi connectivity index (χ4n) is 3.75. The summed E-state index contributed by atoms with van der Waals surface area (Å²) < 4.78 is 5.29. The minimum absolute atomic E-state index is 0.0318. The number of carbonyl (C=O) groups is 2. The molecule has 2 aromatic rings. The topological polar surface area (TPSA) is 84.7 Å². The SMILES string of the molecule is COc1ccccc1NC(=O)C1CCN(C(=O)C(C)C(N)c2ccccc2)CC1. The van der Waals surface area contributed by atoms with E-state index < -0.39 is 0 Å². The molecule has 2 unspecified atom stereocenters. The Morgan fingerprint density at radius 3 is 2.34 bits per heavy atom. The first-order valence-electron chi connectivity index (χ1n) is 10.0. The number of likely N-dealkylation sites (tertiary alicyclic amines) is 1. The van der Waals surface area contributed by atoms with Gasteiger partial charge in [0.25, 0.3) is 0 Å². The van der Waals surface area contributed by atoms with E-state index >= 15 is 0 Å². The van der Waals surface area contributed by atoms with Gasteiger partial charge in [-0.3, -0.25) is 9.59 Å². The second-order valence-electron chi connectivity index (χ2n) is 7.51. The second-order valence-corrected chi connectivity index (χ2v) is 7.51. The Labute approximate surface area is 172 Å². The molecule has 2 amide bonds. The Morgan fingerprint density at radius 2 is 1.69 bits per heavy atom. The number of methoxy groups -OCH3 is 1. The van der Waals surface area contributed by atoms with Gasteiger partial charge in [0.1, 0.15) is 5.75 Å². The van der Waals surface area contributed by atoms with Crippen LogP contribution in [0, 0.1) is 11.8 Å². The van der Waals surface area contributed by atoms with Crippen LogP contribution in [0.4, 0.5) is 5.69 Å². The molecule has 6 nitrogen and oxygen atoms in total. The van der Waals surface area contributed by atoms with E-state index in [9.17, 15) is 9.59 Å². The van der Waals surface area contributed by atoms with Crippen LogP contribution in [0.25, 0.3) is 0 Å². The molecule has 29 heavy (non-hydrogen) atoms. The first kappa shape index (κ1) is 20.9. The molecule has 154 valence electrons. The summed E-state index contributed by atoms with van der Waals surface area (Å²) in [5.74, 6) is 0.219. The van der Waals surface area contributed by atoms with Crippen LogP contribution >= 0.6 is 0 Å². The van der Waals surface area contributed by atoms with Crippen molar-refractivity contribution in [3.63, 3.8) is 0 Å². The number of ether oxygens (including phenoxy) is 1. The quantitative estimate of drug-likeness (QED) is 0.787. The van der Waals surface area contributed by atoms with Gasteiger partial charge in [-0.2, -0.15) is 0 Å². The third-order valence-electron chi connectivity index (χ3n) is 5.65. The van der Waals surface area contributed by atoms with Crippen LogP contribution in [0.2, 0.25) is 0 Å². The fourth-order valence-corrected chi connectivity index (χ4v) is 3.75. The normalized spacial score (nSPS) is 16.7. The van der Waals surface area contributed by atoms with Crippen LogP contribution in [-0.2, 0) is 9.59 Å². The maximum atomic E-state index is 12.9. The minimum Gasteiger partial charge on any atom is -0.495 e. The number of nitrogens with one attached hydrogen (secondary N) is 1. The van der Waals surface area contributed by atoms with Crippen molar-refractivity contribution in [2.45, 2.75) is 25.8 Å². The zero-order valence-corrected chi connectivity index (χ0v) is 17.0. The number of nitrogens with zero attached hydrogens (tertiary/aromatic N) is 1. The first-order chi connectivity index (χ1) is 14.0. The van der Waals surface area contributed by atoms with Crippen molar-refractivity contribution in [2.75, 3.05) is 25.5 Å². The number of benzene rings is 2. The maximum absolute atomic E-state index is 12.9. The summed E-state index contributed by atoms with van der Waals surface area (Å²) in [6, 6.07) is 16.7. The van der Waals surface area contributed by atoms with Gasteiger partial charge >= 0.3 is 0 Å². The molecule has 1 heterocycles. The molecule has 2 aromatic carbocycles. The summed E-state index contributed by atoms with van der Waals surface area (Å²) in [6.45, 7) is 3.00. The zero-order chi connectivity index (χ0) is 20.8. The Kier molecular flexibility index (Phi) is 6.88. The van der Waals surface area contributed by atoms with E-state index in [1.165, 1.54) is 0 Å². The number of anilines is 1. The molecule has 1 saturated heterocycles. The average molecular weight is 396 g/mol. The lowest BCUT2D eigenvalue weighted by Crippen LogP contribution is -2.45. The molecule has 3 N–H and O–H groups in total. The monoisotopic (exact) mass is 395 g/mol. The highest BCUT2D eigenvalue weighted by molar-refractivity contribution is 5.94. The molecule has 0 aliphatic carbocycles. The largest absolute Gasteiger partial charge is 0.495 e. The number of carbonyl (C=O) groups excluding carboxylic acids is 2. The highest BCUT2D eigenvalue weighted by Crippen LogP contribution is 2.27. The molecule has 0 radical (unpaired) electrons. The van der Waals surface area contributed by atoms with Gasteiger partial charge in [0.05, 0.1) is 18.7 Å². The molecular weight excluding hydrogens is 366 g/mol. The van der Waals surface area contributed by atoms with Crippen LogP contribution in [0.5, 0.6) is 5.75 Å². The Bertz CT molecular complexity index is 832. The first-order valence-corrected chi connectivity index (χ1v) is 10.0. The van der Waals surface area contributed by atoms with Crippen molar-refractivity contribution in [3.05, 3.63) is 60.2 Å². The van der Waals surface area contributed by atoms with Crippen molar-refractivity contribution in [3.8, 4) is 5.75 Å². The lowest BCUT2D eigenvalue weighted by Gasteiger charge is -2.34. The molecule has 3 rings (SSSR count). The lowest BCUT2D eigenvalue weighted by atomic mass is 9.91. The molecule has 1 fully saturated rings. The second kappa shape index (κ2) is 9.56. The van der Waals surface area contributed by atoms with E-state index in [4.69, 9.17) is 10.5 Å².